The minimum absolute atomic E-state index is 0.188. The molecule has 0 bridgehead atoms. The van der Waals surface area contributed by atoms with E-state index in [0.29, 0.717) is 12.5 Å². The van der Waals surface area contributed by atoms with E-state index in [1.54, 1.807) is 7.11 Å². The first-order valence-electron chi connectivity index (χ1n) is 5.94. The number of amides is 1. The van der Waals surface area contributed by atoms with Crippen LogP contribution in [0.5, 0.6) is 0 Å². The summed E-state index contributed by atoms with van der Waals surface area (Å²) in [6.45, 7) is 9.74. The predicted octanol–water partition coefficient (Wildman–Crippen LogP) is 1.01. The zero-order valence-corrected chi connectivity index (χ0v) is 11.0. The first-order valence-corrected chi connectivity index (χ1v) is 5.94. The Kier molecular flexibility index (Phi) is 4.33. The predicted molar refractivity (Wildman–Crippen MR) is 64.3 cm³/mol. The Morgan fingerprint density at radius 1 is 1.50 bits per heavy atom. The third-order valence-electron chi connectivity index (χ3n) is 3.21. The van der Waals surface area contributed by atoms with Crippen LogP contribution < -0.4 is 5.32 Å². The van der Waals surface area contributed by atoms with E-state index in [1.807, 2.05) is 18.7 Å². The van der Waals surface area contributed by atoms with E-state index in [4.69, 9.17) is 4.74 Å². The van der Waals surface area contributed by atoms with Gasteiger partial charge in [-0.1, -0.05) is 0 Å². The third kappa shape index (κ3) is 3.46. The van der Waals surface area contributed by atoms with Gasteiger partial charge in [0.05, 0.1) is 12.0 Å². The number of methoxy groups -OCH3 is 1. The molecule has 0 spiro atoms. The summed E-state index contributed by atoms with van der Waals surface area (Å²) in [7, 11) is 1.65. The van der Waals surface area contributed by atoms with Crippen molar-refractivity contribution < 1.29 is 9.53 Å². The molecule has 1 N–H and O–H groups in total. The molecular weight excluding hydrogens is 204 g/mol. The molecule has 0 aromatic rings. The van der Waals surface area contributed by atoms with Gasteiger partial charge in [0.2, 0.25) is 5.91 Å². The van der Waals surface area contributed by atoms with Gasteiger partial charge >= 0.3 is 0 Å². The lowest BCUT2D eigenvalue weighted by Gasteiger charge is -2.39. The molecule has 0 aromatic carbocycles. The van der Waals surface area contributed by atoms with Crippen molar-refractivity contribution in [1.82, 2.24) is 10.2 Å². The molecular formula is C12H24N2O2. The van der Waals surface area contributed by atoms with Crippen LogP contribution in [0.3, 0.4) is 0 Å². The molecule has 1 fully saturated rings. The fourth-order valence-corrected chi connectivity index (χ4v) is 1.91. The summed E-state index contributed by atoms with van der Waals surface area (Å²) < 4.78 is 5.30. The maximum atomic E-state index is 12.1. The molecule has 0 saturated carbocycles. The van der Waals surface area contributed by atoms with Crippen LogP contribution in [0.4, 0.5) is 0 Å². The number of nitrogens with one attached hydrogen (secondary N) is 1. The van der Waals surface area contributed by atoms with E-state index in [0.717, 1.165) is 13.1 Å². The van der Waals surface area contributed by atoms with Gasteiger partial charge in [-0.2, -0.15) is 0 Å². The molecule has 4 heteroatoms. The highest BCUT2D eigenvalue weighted by Gasteiger charge is 2.30. The number of ether oxygens (including phenoxy) is 1. The smallest absolute Gasteiger partial charge is 0.225 e. The van der Waals surface area contributed by atoms with Crippen LogP contribution in [-0.4, -0.2) is 48.7 Å². The van der Waals surface area contributed by atoms with Gasteiger partial charge in [0.25, 0.3) is 0 Å². The molecule has 1 aliphatic rings. The Balaban J connectivity index is 2.58. The third-order valence-corrected chi connectivity index (χ3v) is 3.21. The van der Waals surface area contributed by atoms with E-state index in [-0.39, 0.29) is 17.6 Å². The van der Waals surface area contributed by atoms with Gasteiger partial charge in [0.1, 0.15) is 0 Å². The molecule has 1 rings (SSSR count). The summed E-state index contributed by atoms with van der Waals surface area (Å²) in [5.41, 5.74) is -0.370. The van der Waals surface area contributed by atoms with Crippen molar-refractivity contribution in [2.45, 2.75) is 51.8 Å². The van der Waals surface area contributed by atoms with Gasteiger partial charge in [-0.25, -0.2) is 0 Å². The van der Waals surface area contributed by atoms with Gasteiger partial charge in [-0.3, -0.25) is 4.79 Å². The van der Waals surface area contributed by atoms with Crippen LogP contribution in [0, 0.1) is 0 Å². The number of nitrogens with zero attached hydrogens (tertiary/aromatic N) is 1. The standard InChI is InChI=1S/C12H24N2O2/c1-9-8-14(10(2)7-13-9)11(15)6-12(3,4)16-5/h9-10,13H,6-8H2,1-5H3. The Hall–Kier alpha value is -0.610. The molecule has 2 atom stereocenters. The van der Waals surface area contributed by atoms with Crippen LogP contribution >= 0.6 is 0 Å². The molecule has 16 heavy (non-hydrogen) atoms. The number of carbonyl (C=O) groups is 1. The fraction of sp³-hybridized carbons (Fsp3) is 0.917. The lowest BCUT2D eigenvalue weighted by Crippen LogP contribution is -2.57. The number of piperazine rings is 1. The Labute approximate surface area is 98.3 Å². The first kappa shape index (κ1) is 13.5. The SMILES string of the molecule is COC(C)(C)CC(=O)N1CC(C)NCC1C. The number of carbonyl (C=O) groups excluding carboxylic acids is 1. The minimum Gasteiger partial charge on any atom is -0.378 e. The minimum atomic E-state index is -0.370. The first-order chi connectivity index (χ1) is 7.35. The second-order valence-corrected chi connectivity index (χ2v) is 5.35. The molecule has 1 amide bonds. The van der Waals surface area contributed by atoms with E-state index in [1.165, 1.54) is 0 Å². The highest BCUT2D eigenvalue weighted by molar-refractivity contribution is 5.77. The molecule has 1 saturated heterocycles. The van der Waals surface area contributed by atoms with E-state index < -0.39 is 0 Å². The second-order valence-electron chi connectivity index (χ2n) is 5.35. The van der Waals surface area contributed by atoms with Crippen molar-refractivity contribution >= 4 is 5.91 Å². The maximum absolute atomic E-state index is 12.1. The molecule has 0 radical (unpaired) electrons. The zero-order valence-electron chi connectivity index (χ0n) is 11.0. The molecule has 0 aliphatic carbocycles. The van der Waals surface area contributed by atoms with Crippen molar-refractivity contribution in [2.24, 2.45) is 0 Å². The van der Waals surface area contributed by atoms with Crippen molar-refractivity contribution in [3.05, 3.63) is 0 Å². The second kappa shape index (κ2) is 5.15. The van der Waals surface area contributed by atoms with Crippen LogP contribution in [0.15, 0.2) is 0 Å². The molecule has 2 unspecified atom stereocenters. The summed E-state index contributed by atoms with van der Waals surface area (Å²) in [5, 5.41) is 3.37. The lowest BCUT2D eigenvalue weighted by molar-refractivity contribution is -0.139. The molecule has 0 aromatic heterocycles. The van der Waals surface area contributed by atoms with E-state index in [2.05, 4.69) is 19.2 Å². The van der Waals surface area contributed by atoms with Crippen LogP contribution in [0.2, 0.25) is 0 Å². The van der Waals surface area contributed by atoms with E-state index in [9.17, 15) is 4.79 Å². The summed E-state index contributed by atoms with van der Waals surface area (Å²) in [6, 6.07) is 0.655. The number of hydrogen-bond donors (Lipinski definition) is 1. The quantitative estimate of drug-likeness (QED) is 0.784. The summed E-state index contributed by atoms with van der Waals surface area (Å²) in [6.07, 6.45) is 0.445. The van der Waals surface area contributed by atoms with Gasteiger partial charge in [0, 0.05) is 32.3 Å². The van der Waals surface area contributed by atoms with Crippen molar-refractivity contribution in [2.75, 3.05) is 20.2 Å². The highest BCUT2D eigenvalue weighted by Crippen LogP contribution is 2.17. The van der Waals surface area contributed by atoms with Gasteiger partial charge in [0.15, 0.2) is 0 Å². The van der Waals surface area contributed by atoms with Crippen LogP contribution in [0.1, 0.15) is 34.1 Å². The lowest BCUT2D eigenvalue weighted by atomic mass is 10.0. The normalized spacial score (nSPS) is 26.9. The monoisotopic (exact) mass is 228 g/mol. The summed E-state index contributed by atoms with van der Waals surface area (Å²) in [4.78, 5) is 14.1. The molecule has 4 nitrogen and oxygen atoms in total. The summed E-state index contributed by atoms with van der Waals surface area (Å²) in [5.74, 6) is 0.188. The zero-order chi connectivity index (χ0) is 12.3. The van der Waals surface area contributed by atoms with Crippen LogP contribution in [-0.2, 0) is 9.53 Å². The van der Waals surface area contributed by atoms with Crippen molar-refractivity contribution in [3.8, 4) is 0 Å². The van der Waals surface area contributed by atoms with Crippen LogP contribution in [0.25, 0.3) is 0 Å². The molecule has 94 valence electrons. The molecule has 1 aliphatic heterocycles. The number of rotatable bonds is 3. The summed E-state index contributed by atoms with van der Waals surface area (Å²) >= 11 is 0. The maximum Gasteiger partial charge on any atom is 0.225 e. The largest absolute Gasteiger partial charge is 0.378 e. The molecule has 1 heterocycles. The van der Waals surface area contributed by atoms with Gasteiger partial charge in [-0.05, 0) is 27.7 Å². The average molecular weight is 228 g/mol. The fourth-order valence-electron chi connectivity index (χ4n) is 1.91. The van der Waals surface area contributed by atoms with Gasteiger partial charge < -0.3 is 15.0 Å². The number of hydrogen-bond acceptors (Lipinski definition) is 3. The van der Waals surface area contributed by atoms with Gasteiger partial charge in [-0.15, -0.1) is 0 Å². The van der Waals surface area contributed by atoms with E-state index >= 15 is 0 Å². The average Bonchev–Trinajstić information content (AvgIpc) is 2.21. The van der Waals surface area contributed by atoms with Crippen molar-refractivity contribution in [3.63, 3.8) is 0 Å². The highest BCUT2D eigenvalue weighted by atomic mass is 16.5. The Morgan fingerprint density at radius 2 is 2.12 bits per heavy atom. The topological polar surface area (TPSA) is 41.6 Å². The van der Waals surface area contributed by atoms with Crippen molar-refractivity contribution in [1.29, 1.82) is 0 Å². The Morgan fingerprint density at radius 3 is 2.69 bits per heavy atom. The Bertz CT molecular complexity index is 253.